The first-order valence-electron chi connectivity index (χ1n) is 16.1. The molecule has 3 aromatic rings. The predicted molar refractivity (Wildman–Crippen MR) is 173 cm³/mol. The molecule has 0 amide bonds. The number of hydrogen-bond acceptors (Lipinski definition) is 4. The summed E-state index contributed by atoms with van der Waals surface area (Å²) < 4.78 is 19.2. The molecule has 3 rings (SSSR count). The molecule has 0 saturated carbocycles. The minimum Gasteiger partial charge on any atom is -0.497 e. The first-order chi connectivity index (χ1) is 20.2. The summed E-state index contributed by atoms with van der Waals surface area (Å²) >= 11 is 0. The van der Waals surface area contributed by atoms with Crippen LogP contribution in [-0.4, -0.2) is 25.9 Å². The van der Waals surface area contributed by atoms with Gasteiger partial charge < -0.3 is 18.8 Å². The van der Waals surface area contributed by atoms with Crippen LogP contribution in [0.2, 0.25) is 0 Å². The summed E-state index contributed by atoms with van der Waals surface area (Å²) in [4.78, 5) is 13.6. The van der Waals surface area contributed by atoms with Crippen LogP contribution in [0.15, 0.2) is 47.3 Å². The van der Waals surface area contributed by atoms with Gasteiger partial charge in [-0.2, -0.15) is 0 Å². The molecule has 1 aromatic heterocycles. The van der Waals surface area contributed by atoms with Crippen molar-refractivity contribution in [2.75, 3.05) is 21.3 Å². The number of rotatable bonds is 21. The highest BCUT2D eigenvalue weighted by Crippen LogP contribution is 2.36. The monoisotopic (exact) mass is 563 g/mol. The number of unbranched alkanes of at least 4 members (excludes halogenated alkanes) is 15. The number of benzene rings is 2. The Kier molecular flexibility index (Phi) is 14.7. The number of ether oxygens (including phenoxy) is 3. The van der Waals surface area contributed by atoms with Crippen molar-refractivity contribution in [2.45, 2.75) is 116 Å². The molecular formula is C36H53NO4. The van der Waals surface area contributed by atoms with Crippen molar-refractivity contribution >= 4 is 10.9 Å². The molecule has 5 nitrogen and oxygen atoms in total. The van der Waals surface area contributed by atoms with Crippen molar-refractivity contribution in [1.82, 2.24) is 4.57 Å². The summed E-state index contributed by atoms with van der Waals surface area (Å²) in [6.07, 6.45) is 21.4. The van der Waals surface area contributed by atoms with Gasteiger partial charge in [0.25, 0.3) is 0 Å². The van der Waals surface area contributed by atoms with E-state index in [1.54, 1.807) is 27.4 Å². The molecule has 2 aromatic carbocycles. The molecule has 41 heavy (non-hydrogen) atoms. The van der Waals surface area contributed by atoms with Crippen molar-refractivity contribution < 1.29 is 14.2 Å². The Balaban J connectivity index is 1.57. The Morgan fingerprint density at radius 3 is 1.66 bits per heavy atom. The average molecular weight is 564 g/mol. The fourth-order valence-corrected chi connectivity index (χ4v) is 5.88. The van der Waals surface area contributed by atoms with Gasteiger partial charge in [0.1, 0.15) is 11.5 Å². The lowest BCUT2D eigenvalue weighted by Gasteiger charge is -2.21. The van der Waals surface area contributed by atoms with Gasteiger partial charge >= 0.3 is 0 Å². The van der Waals surface area contributed by atoms with E-state index in [1.807, 2.05) is 36.4 Å². The Hall–Kier alpha value is -2.95. The van der Waals surface area contributed by atoms with Gasteiger partial charge in [-0.15, -0.1) is 0 Å². The molecule has 0 aliphatic carbocycles. The lowest BCUT2D eigenvalue weighted by molar-refractivity contribution is 0.394. The number of aryl methyl sites for hydroxylation is 1. The van der Waals surface area contributed by atoms with Crippen LogP contribution in [0.3, 0.4) is 0 Å². The van der Waals surface area contributed by atoms with E-state index in [-0.39, 0.29) is 5.43 Å². The number of hydrogen-bond donors (Lipinski definition) is 0. The first-order valence-corrected chi connectivity index (χ1v) is 16.1. The maximum absolute atomic E-state index is 13.6. The van der Waals surface area contributed by atoms with Gasteiger partial charge in [-0.05, 0) is 6.42 Å². The van der Waals surface area contributed by atoms with E-state index in [4.69, 9.17) is 14.2 Å². The smallest absolute Gasteiger partial charge is 0.235 e. The van der Waals surface area contributed by atoms with Crippen LogP contribution in [0.5, 0.6) is 17.2 Å². The third kappa shape index (κ3) is 9.55. The normalized spacial score (nSPS) is 11.2. The highest BCUT2D eigenvalue weighted by Gasteiger charge is 2.22. The Labute approximate surface area is 248 Å². The van der Waals surface area contributed by atoms with Crippen LogP contribution in [0.25, 0.3) is 22.2 Å². The van der Waals surface area contributed by atoms with Crippen LogP contribution in [0, 0.1) is 0 Å². The summed E-state index contributed by atoms with van der Waals surface area (Å²) in [5, 5.41) is 0.529. The topological polar surface area (TPSA) is 49.7 Å². The summed E-state index contributed by atoms with van der Waals surface area (Å²) in [7, 11) is 4.80. The number of aromatic nitrogens is 1. The highest BCUT2D eigenvalue weighted by atomic mass is 16.5. The van der Waals surface area contributed by atoms with Gasteiger partial charge in [0.05, 0.1) is 37.9 Å². The van der Waals surface area contributed by atoms with Crippen molar-refractivity contribution in [2.24, 2.45) is 0 Å². The van der Waals surface area contributed by atoms with Gasteiger partial charge in [-0.1, -0.05) is 134 Å². The maximum atomic E-state index is 13.6. The molecule has 0 saturated heterocycles. The van der Waals surface area contributed by atoms with E-state index in [1.165, 1.54) is 89.9 Å². The van der Waals surface area contributed by atoms with E-state index < -0.39 is 0 Å². The number of nitrogens with zero attached hydrogens (tertiary/aromatic N) is 1. The fourth-order valence-electron chi connectivity index (χ4n) is 5.88. The molecule has 1 heterocycles. The molecule has 5 heteroatoms. The molecule has 0 fully saturated rings. The van der Waals surface area contributed by atoms with E-state index in [0.29, 0.717) is 22.6 Å². The molecule has 0 unspecified atom stereocenters. The third-order valence-electron chi connectivity index (χ3n) is 8.21. The Bertz CT molecular complexity index is 1220. The molecular weight excluding hydrogens is 510 g/mol. The molecule has 0 radical (unpaired) electrons. The van der Waals surface area contributed by atoms with Gasteiger partial charge in [0.15, 0.2) is 5.75 Å². The third-order valence-corrected chi connectivity index (χ3v) is 8.21. The van der Waals surface area contributed by atoms with Gasteiger partial charge in [-0.25, -0.2) is 0 Å². The number of methoxy groups -OCH3 is 3. The molecule has 0 bridgehead atoms. The quantitative estimate of drug-likeness (QED) is 0.121. The van der Waals surface area contributed by atoms with Crippen molar-refractivity contribution in [3.05, 3.63) is 52.7 Å². The zero-order valence-electron chi connectivity index (χ0n) is 26.1. The largest absolute Gasteiger partial charge is 0.497 e. The van der Waals surface area contributed by atoms with Gasteiger partial charge in [0, 0.05) is 24.2 Å². The van der Waals surface area contributed by atoms with Crippen LogP contribution >= 0.6 is 0 Å². The molecule has 0 spiro atoms. The first kappa shape index (κ1) is 32.6. The minimum atomic E-state index is -0.163. The summed E-state index contributed by atoms with van der Waals surface area (Å²) in [5.74, 6) is 1.52. The molecule has 0 atom stereocenters. The van der Waals surface area contributed by atoms with E-state index in [2.05, 4.69) is 11.5 Å². The highest BCUT2D eigenvalue weighted by molar-refractivity contribution is 5.91. The second-order valence-electron chi connectivity index (χ2n) is 11.3. The number of fused-ring (bicyclic) bond motifs is 1. The Morgan fingerprint density at radius 1 is 0.634 bits per heavy atom. The van der Waals surface area contributed by atoms with Gasteiger partial charge in [-0.3, -0.25) is 4.79 Å². The van der Waals surface area contributed by atoms with Crippen LogP contribution < -0.4 is 19.6 Å². The Morgan fingerprint density at radius 2 is 1.17 bits per heavy atom. The minimum absolute atomic E-state index is 0.163. The van der Waals surface area contributed by atoms with Crippen molar-refractivity contribution in [1.29, 1.82) is 0 Å². The van der Waals surface area contributed by atoms with Gasteiger partial charge in [0.2, 0.25) is 5.43 Å². The van der Waals surface area contributed by atoms with Crippen LogP contribution in [0.4, 0.5) is 0 Å². The van der Waals surface area contributed by atoms with E-state index in [0.717, 1.165) is 36.2 Å². The lowest BCUT2D eigenvalue weighted by atomic mass is 10.0. The standard InChI is InChI=1S/C36H53NO4/c1-5-6-7-8-9-10-11-12-13-14-15-16-17-18-19-23-26-37-31-27-30(39-2)28-32(40-3)33(31)35(38)36(41-4)34(37)29-24-21-20-22-25-29/h20-22,24-25,27-28H,5-19,23,26H2,1-4H3. The SMILES string of the molecule is CCCCCCCCCCCCCCCCCCn1c(-c2ccccc2)c(OC)c(=O)c2c(OC)cc(OC)cc21. The fraction of sp³-hybridized carbons (Fsp3) is 0.583. The molecule has 0 N–H and O–H groups in total. The zero-order valence-corrected chi connectivity index (χ0v) is 26.1. The predicted octanol–water partition coefficient (Wildman–Crippen LogP) is 9.96. The van der Waals surface area contributed by atoms with Crippen molar-refractivity contribution in [3.63, 3.8) is 0 Å². The second kappa shape index (κ2) is 18.5. The molecule has 226 valence electrons. The van der Waals surface area contributed by atoms with E-state index in [9.17, 15) is 4.79 Å². The average Bonchev–Trinajstić information content (AvgIpc) is 3.01. The zero-order chi connectivity index (χ0) is 29.3. The van der Waals surface area contributed by atoms with Crippen LogP contribution in [-0.2, 0) is 6.54 Å². The summed E-state index contributed by atoms with van der Waals surface area (Å²) in [6.45, 7) is 3.07. The van der Waals surface area contributed by atoms with E-state index >= 15 is 0 Å². The van der Waals surface area contributed by atoms with Crippen LogP contribution in [0.1, 0.15) is 110 Å². The number of pyridine rings is 1. The van der Waals surface area contributed by atoms with Crippen molar-refractivity contribution in [3.8, 4) is 28.5 Å². The molecule has 0 aliphatic rings. The maximum Gasteiger partial charge on any atom is 0.235 e. The molecule has 0 aliphatic heterocycles. The summed E-state index contributed by atoms with van der Waals surface area (Å²) in [6, 6.07) is 13.8. The summed E-state index contributed by atoms with van der Waals surface area (Å²) in [5.41, 5.74) is 2.42. The second-order valence-corrected chi connectivity index (χ2v) is 11.3. The lowest BCUT2D eigenvalue weighted by Crippen LogP contribution is -2.17.